The number of aliphatic hydroxyl groups excluding tert-OH is 1. The van der Waals surface area contributed by atoms with Gasteiger partial charge in [0.1, 0.15) is 49.4 Å². The minimum absolute atomic E-state index is 0.0923. The van der Waals surface area contributed by atoms with E-state index in [9.17, 15) is 19.8 Å². The number of halogens is 2. The number of hydrogen-bond donors (Lipinski definition) is 2. The molecule has 0 fully saturated rings. The summed E-state index contributed by atoms with van der Waals surface area (Å²) in [4.78, 5) is 36.1. The molecule has 0 spiro atoms. The quantitative estimate of drug-likeness (QED) is 0.0596. The van der Waals surface area contributed by atoms with Crippen molar-refractivity contribution in [2.45, 2.75) is 80.0 Å². The maximum atomic E-state index is 12.5. The van der Waals surface area contributed by atoms with E-state index in [1.54, 1.807) is 48.9 Å². The van der Waals surface area contributed by atoms with Gasteiger partial charge in [-0.15, -0.1) is 0 Å². The minimum atomic E-state index is -1.09. The van der Waals surface area contributed by atoms with Crippen LogP contribution in [0.3, 0.4) is 0 Å². The highest BCUT2D eigenvalue weighted by Crippen LogP contribution is 2.38. The first-order valence-corrected chi connectivity index (χ1v) is 21.0. The van der Waals surface area contributed by atoms with E-state index in [1.807, 2.05) is 51.1 Å². The molecular formula is C50H47Cl2N3O8. The third-order valence-electron chi connectivity index (χ3n) is 10.7. The zero-order valence-corrected chi connectivity index (χ0v) is 37.1. The number of ether oxygens (including phenoxy) is 4. The minimum Gasteiger partial charge on any atom is -0.488 e. The standard InChI is InChI=1S/C50H47Cl2N3O8/c1-29-15-34(22-54-21-29)25-61-47-20-49(45(52)18-43(47)33(5)57)63-28-38-10-8-12-41(31(38)3)40-11-7-9-37(30(40)2)27-62-48-19-46(60-26-35-16-39(53-6)24-55-23-35)36(17-44(48)51)13-14-42(32(4)56)50(58)59/h7-12,15-24,32,42,56H,13-14,25-28H2,1-5H3,(H,58,59)/t32-,42+/m0/s1. The van der Waals surface area contributed by atoms with Gasteiger partial charge < -0.3 is 29.2 Å². The Bertz CT molecular complexity index is 2680. The second-order valence-corrected chi connectivity index (χ2v) is 16.1. The van der Waals surface area contributed by atoms with Crippen molar-refractivity contribution in [3.05, 3.63) is 169 Å². The Balaban J connectivity index is 1.20. The van der Waals surface area contributed by atoms with E-state index in [4.69, 9.17) is 48.7 Å². The molecule has 6 rings (SSSR count). The van der Waals surface area contributed by atoms with Crippen LogP contribution in [0.5, 0.6) is 23.0 Å². The molecule has 0 amide bonds. The van der Waals surface area contributed by atoms with Gasteiger partial charge in [-0.1, -0.05) is 59.6 Å². The molecule has 6 aromatic rings. The highest BCUT2D eigenvalue weighted by molar-refractivity contribution is 6.32. The van der Waals surface area contributed by atoms with Gasteiger partial charge in [-0.25, -0.2) is 4.85 Å². The van der Waals surface area contributed by atoms with Gasteiger partial charge in [-0.3, -0.25) is 19.6 Å². The Hall–Kier alpha value is -6.45. The number of aryl methyl sites for hydroxylation is 2. The molecule has 63 heavy (non-hydrogen) atoms. The van der Waals surface area contributed by atoms with Crippen molar-refractivity contribution in [2.75, 3.05) is 0 Å². The third kappa shape index (κ3) is 11.7. The largest absolute Gasteiger partial charge is 0.488 e. The SMILES string of the molecule is [C-]#[N+]c1cncc(COc2cc(OCc3cccc(-c4cccc(COc5cc(OCc6cncc(C)c6)c(C(C)=O)cc5Cl)c4C)c3C)c(Cl)cc2CC[C@@H](C(=O)O)[C@H](C)O)c1. The topological polar surface area (TPSA) is 142 Å². The number of carbonyl (C=O) groups is 2. The summed E-state index contributed by atoms with van der Waals surface area (Å²) in [6.07, 6.45) is 5.93. The Labute approximate surface area is 377 Å². The molecule has 2 atom stereocenters. The van der Waals surface area contributed by atoms with Crippen LogP contribution in [0, 0.1) is 33.3 Å². The molecule has 0 unspecified atom stereocenters. The number of aliphatic hydroxyl groups is 1. The first-order chi connectivity index (χ1) is 30.2. The number of pyridine rings is 2. The van der Waals surface area contributed by atoms with E-state index in [0.29, 0.717) is 55.4 Å². The summed E-state index contributed by atoms with van der Waals surface area (Å²) in [6.45, 7) is 17.0. The van der Waals surface area contributed by atoms with Crippen molar-refractivity contribution in [1.82, 2.24) is 9.97 Å². The fraction of sp³-hybridized carbons (Fsp3) is 0.260. The van der Waals surface area contributed by atoms with Crippen LogP contribution in [0.4, 0.5) is 5.69 Å². The summed E-state index contributed by atoms with van der Waals surface area (Å²) in [7, 11) is 0. The number of rotatable bonds is 19. The zero-order chi connectivity index (χ0) is 45.2. The maximum absolute atomic E-state index is 12.5. The average molecular weight is 889 g/mol. The second-order valence-electron chi connectivity index (χ2n) is 15.3. The van der Waals surface area contributed by atoms with Gasteiger partial charge in [0.05, 0.1) is 34.2 Å². The summed E-state index contributed by atoms with van der Waals surface area (Å²) < 4.78 is 24.9. The number of hydrogen-bond acceptors (Lipinski definition) is 9. The monoisotopic (exact) mass is 887 g/mol. The number of carboxylic acids is 1. The first kappa shape index (κ1) is 46.1. The summed E-state index contributed by atoms with van der Waals surface area (Å²) >= 11 is 13.4. The molecular weight excluding hydrogens is 841 g/mol. The summed E-state index contributed by atoms with van der Waals surface area (Å²) in [6, 6.07) is 22.3. The van der Waals surface area contributed by atoms with Crippen molar-refractivity contribution in [2.24, 2.45) is 5.92 Å². The number of carbonyl (C=O) groups excluding carboxylic acids is 1. The number of nitrogens with zero attached hydrogens (tertiary/aromatic N) is 3. The molecule has 0 aliphatic rings. The van der Waals surface area contributed by atoms with Gasteiger partial charge in [0.25, 0.3) is 0 Å². The molecule has 0 aliphatic carbocycles. The third-order valence-corrected chi connectivity index (χ3v) is 11.3. The molecule has 0 saturated carbocycles. The predicted octanol–water partition coefficient (Wildman–Crippen LogP) is 11.5. The molecule has 0 bridgehead atoms. The van der Waals surface area contributed by atoms with Crippen LogP contribution < -0.4 is 18.9 Å². The fourth-order valence-corrected chi connectivity index (χ4v) is 7.60. The maximum Gasteiger partial charge on any atom is 0.309 e. The highest BCUT2D eigenvalue weighted by atomic mass is 35.5. The summed E-state index contributed by atoms with van der Waals surface area (Å²) in [5.74, 6) is -0.712. The van der Waals surface area contributed by atoms with Crippen molar-refractivity contribution < 1.29 is 38.7 Å². The van der Waals surface area contributed by atoms with Crippen LogP contribution in [-0.4, -0.2) is 38.0 Å². The smallest absolute Gasteiger partial charge is 0.309 e. The molecule has 11 nitrogen and oxygen atoms in total. The lowest BCUT2D eigenvalue weighted by atomic mass is 9.92. The van der Waals surface area contributed by atoms with Crippen molar-refractivity contribution >= 4 is 40.6 Å². The summed E-state index contributed by atoms with van der Waals surface area (Å²) in [5.41, 5.74) is 9.81. The predicted molar refractivity (Wildman–Crippen MR) is 242 cm³/mol. The van der Waals surface area contributed by atoms with Crippen molar-refractivity contribution in [3.63, 3.8) is 0 Å². The van der Waals surface area contributed by atoms with Gasteiger partial charge in [0, 0.05) is 42.5 Å². The van der Waals surface area contributed by atoms with Crippen LogP contribution >= 0.6 is 23.2 Å². The summed E-state index contributed by atoms with van der Waals surface area (Å²) in [5, 5.41) is 20.4. The molecule has 0 aliphatic heterocycles. The van der Waals surface area contributed by atoms with Gasteiger partial charge in [0.15, 0.2) is 5.78 Å². The van der Waals surface area contributed by atoms with Crippen molar-refractivity contribution in [1.29, 1.82) is 0 Å². The molecule has 2 heterocycles. The molecule has 2 N–H and O–H groups in total. The molecule has 13 heteroatoms. The van der Waals surface area contributed by atoms with Crippen LogP contribution in [0.2, 0.25) is 10.0 Å². The molecule has 324 valence electrons. The Morgan fingerprint density at radius 1 is 0.698 bits per heavy atom. The zero-order valence-electron chi connectivity index (χ0n) is 35.6. The van der Waals surface area contributed by atoms with Crippen LogP contribution in [0.1, 0.15) is 75.1 Å². The normalized spacial score (nSPS) is 11.9. The molecule has 0 saturated heterocycles. The second kappa shape index (κ2) is 21.1. The lowest BCUT2D eigenvalue weighted by molar-refractivity contribution is -0.145. The van der Waals surface area contributed by atoms with E-state index in [1.165, 1.54) is 20.0 Å². The van der Waals surface area contributed by atoms with E-state index in [-0.39, 0.29) is 45.1 Å². The van der Waals surface area contributed by atoms with Crippen LogP contribution in [0.15, 0.2) is 97.6 Å². The number of Topliss-reactive ketones (excluding diaryl/α,β-unsaturated/α-hetero) is 1. The molecule has 0 radical (unpaired) electrons. The fourth-order valence-electron chi connectivity index (χ4n) is 7.15. The van der Waals surface area contributed by atoms with E-state index < -0.39 is 18.0 Å². The Morgan fingerprint density at radius 2 is 1.24 bits per heavy atom. The van der Waals surface area contributed by atoms with Gasteiger partial charge in [0.2, 0.25) is 5.69 Å². The van der Waals surface area contributed by atoms with Crippen LogP contribution in [0.25, 0.3) is 16.0 Å². The van der Waals surface area contributed by atoms with Gasteiger partial charge in [-0.05, 0) is 122 Å². The lowest BCUT2D eigenvalue weighted by Crippen LogP contribution is -2.26. The first-order valence-electron chi connectivity index (χ1n) is 20.2. The Kier molecular flexibility index (Phi) is 15.4. The number of aromatic nitrogens is 2. The van der Waals surface area contributed by atoms with Crippen molar-refractivity contribution in [3.8, 4) is 34.1 Å². The van der Waals surface area contributed by atoms with Gasteiger partial charge >= 0.3 is 5.97 Å². The lowest BCUT2D eigenvalue weighted by Gasteiger charge is -2.19. The van der Waals surface area contributed by atoms with E-state index in [0.717, 1.165) is 44.5 Å². The van der Waals surface area contributed by atoms with Gasteiger partial charge in [-0.2, -0.15) is 0 Å². The average Bonchev–Trinajstić information content (AvgIpc) is 3.25. The number of aliphatic carboxylic acids is 1. The number of carboxylic acid groups (broad SMARTS) is 1. The number of ketones is 1. The van der Waals surface area contributed by atoms with E-state index in [2.05, 4.69) is 26.9 Å². The number of benzene rings is 4. The molecule has 2 aromatic heterocycles. The highest BCUT2D eigenvalue weighted by Gasteiger charge is 2.24. The van der Waals surface area contributed by atoms with Crippen LogP contribution in [-0.2, 0) is 37.6 Å². The molecule has 4 aromatic carbocycles. The Morgan fingerprint density at radius 3 is 1.79 bits per heavy atom. The van der Waals surface area contributed by atoms with E-state index >= 15 is 0 Å².